The van der Waals surface area contributed by atoms with Gasteiger partial charge in [0, 0.05) is 6.54 Å². The summed E-state index contributed by atoms with van der Waals surface area (Å²) < 4.78 is 5.16. The molecule has 0 aromatic heterocycles. The van der Waals surface area contributed by atoms with E-state index in [0.717, 1.165) is 38.7 Å². The van der Waals surface area contributed by atoms with Gasteiger partial charge in [-0.15, -0.1) is 0 Å². The average Bonchev–Trinajstić information content (AvgIpc) is 3.19. The van der Waals surface area contributed by atoms with Crippen molar-refractivity contribution in [2.75, 3.05) is 13.2 Å². The van der Waals surface area contributed by atoms with E-state index >= 15 is 0 Å². The van der Waals surface area contributed by atoms with E-state index in [1.807, 2.05) is 0 Å². The maximum absolute atomic E-state index is 12.4. The molecule has 5 aliphatic rings. The molecule has 5 rings (SSSR count). The first kappa shape index (κ1) is 11.0. The molecule has 0 aromatic carbocycles. The minimum atomic E-state index is 0.0325. The van der Waals surface area contributed by atoms with E-state index in [1.54, 1.807) is 4.90 Å². The van der Waals surface area contributed by atoms with Gasteiger partial charge in [-0.2, -0.15) is 0 Å². The van der Waals surface area contributed by atoms with Gasteiger partial charge in [-0.05, 0) is 43.9 Å². The van der Waals surface area contributed by atoms with Crippen LogP contribution in [0.4, 0.5) is 0 Å². The van der Waals surface area contributed by atoms with Crippen molar-refractivity contribution < 1.29 is 14.3 Å². The molecule has 2 bridgehead atoms. The first-order chi connectivity index (χ1) is 8.75. The molecular weight excluding hydrogens is 230 g/mol. The van der Waals surface area contributed by atoms with Gasteiger partial charge in [0.1, 0.15) is 0 Å². The molecule has 98 valence electrons. The van der Waals surface area contributed by atoms with Crippen LogP contribution in [0.5, 0.6) is 0 Å². The molecule has 2 saturated heterocycles. The Morgan fingerprint density at radius 3 is 1.94 bits per heavy atom. The smallest absolute Gasteiger partial charge is 0.233 e. The number of carbonyl (C=O) groups is 2. The lowest BCUT2D eigenvalue weighted by Crippen LogP contribution is -2.41. The molecule has 0 spiro atoms. The Labute approximate surface area is 107 Å². The standard InChI is InChI=1S/C14H19NO3/c16-13-11-8-1-2-9(4-3-8)12(11)14(17)15(13)6-5-10-7-18-10/h8-12H,1-7H2. The van der Waals surface area contributed by atoms with Crippen molar-refractivity contribution in [3.05, 3.63) is 0 Å². The highest BCUT2D eigenvalue weighted by molar-refractivity contribution is 6.05. The summed E-state index contributed by atoms with van der Waals surface area (Å²) in [4.78, 5) is 26.4. The van der Waals surface area contributed by atoms with Gasteiger partial charge in [-0.1, -0.05) is 0 Å². The van der Waals surface area contributed by atoms with Crippen molar-refractivity contribution >= 4 is 11.8 Å². The second kappa shape index (κ2) is 3.80. The second-order valence-electron chi connectivity index (χ2n) is 6.30. The monoisotopic (exact) mass is 249 g/mol. The third-order valence-corrected chi connectivity index (χ3v) is 5.40. The van der Waals surface area contributed by atoms with E-state index in [0.29, 0.717) is 24.5 Å². The summed E-state index contributed by atoms with van der Waals surface area (Å²) in [6, 6.07) is 0. The summed E-state index contributed by atoms with van der Waals surface area (Å²) in [5.41, 5.74) is 0. The van der Waals surface area contributed by atoms with Crippen LogP contribution < -0.4 is 0 Å². The fourth-order valence-corrected chi connectivity index (χ4v) is 4.36. The van der Waals surface area contributed by atoms with Gasteiger partial charge < -0.3 is 4.74 Å². The lowest BCUT2D eigenvalue weighted by Gasteiger charge is -2.42. The Kier molecular flexibility index (Phi) is 2.31. The number of fused-ring (bicyclic) bond motifs is 2. The van der Waals surface area contributed by atoms with Crippen LogP contribution in [0.2, 0.25) is 0 Å². The summed E-state index contributed by atoms with van der Waals surface area (Å²) in [6.07, 6.45) is 5.75. The number of nitrogens with zero attached hydrogens (tertiary/aromatic N) is 1. The van der Waals surface area contributed by atoms with E-state index in [9.17, 15) is 9.59 Å². The average molecular weight is 249 g/mol. The number of likely N-dealkylation sites (tertiary alicyclic amines) is 1. The van der Waals surface area contributed by atoms with Gasteiger partial charge >= 0.3 is 0 Å². The summed E-state index contributed by atoms with van der Waals surface area (Å²) in [5, 5.41) is 0. The SMILES string of the molecule is O=C1C2C3CCC(CC3)C2C(=O)N1CCC1CO1. The van der Waals surface area contributed by atoms with Crippen molar-refractivity contribution in [1.29, 1.82) is 0 Å². The maximum atomic E-state index is 12.4. The fraction of sp³-hybridized carbons (Fsp3) is 0.857. The largest absolute Gasteiger partial charge is 0.373 e. The van der Waals surface area contributed by atoms with E-state index < -0.39 is 0 Å². The second-order valence-corrected chi connectivity index (χ2v) is 6.30. The van der Waals surface area contributed by atoms with E-state index in [-0.39, 0.29) is 23.7 Å². The Hall–Kier alpha value is -0.900. The molecule has 0 aromatic rings. The molecule has 0 N–H and O–H groups in total. The molecule has 0 radical (unpaired) electrons. The summed E-state index contributed by atoms with van der Waals surface area (Å²) in [6.45, 7) is 1.38. The van der Waals surface area contributed by atoms with Crippen LogP contribution in [0, 0.1) is 23.7 Å². The van der Waals surface area contributed by atoms with Gasteiger partial charge in [0.15, 0.2) is 0 Å². The number of hydrogen-bond donors (Lipinski definition) is 0. The number of imide groups is 1. The van der Waals surface area contributed by atoms with Crippen molar-refractivity contribution in [3.8, 4) is 0 Å². The predicted octanol–water partition coefficient (Wildman–Crippen LogP) is 1.20. The minimum Gasteiger partial charge on any atom is -0.373 e. The van der Waals surface area contributed by atoms with Crippen molar-refractivity contribution in [2.24, 2.45) is 23.7 Å². The van der Waals surface area contributed by atoms with E-state index in [4.69, 9.17) is 4.74 Å². The zero-order chi connectivity index (χ0) is 12.3. The third-order valence-electron chi connectivity index (χ3n) is 5.40. The summed E-state index contributed by atoms with van der Waals surface area (Å²) in [5.74, 6) is 1.28. The quantitative estimate of drug-likeness (QED) is 0.558. The number of ether oxygens (including phenoxy) is 1. The van der Waals surface area contributed by atoms with Crippen LogP contribution in [0.15, 0.2) is 0 Å². The number of epoxide rings is 1. The lowest BCUT2D eigenvalue weighted by atomic mass is 9.59. The minimum absolute atomic E-state index is 0.0325. The Morgan fingerprint density at radius 1 is 1.00 bits per heavy atom. The number of rotatable bonds is 3. The molecule has 2 amide bonds. The summed E-state index contributed by atoms with van der Waals surface area (Å²) in [7, 11) is 0. The number of hydrogen-bond acceptors (Lipinski definition) is 3. The Morgan fingerprint density at radius 2 is 1.50 bits per heavy atom. The van der Waals surface area contributed by atoms with Crippen molar-refractivity contribution in [3.63, 3.8) is 0 Å². The molecule has 2 aliphatic heterocycles. The molecule has 3 atom stereocenters. The van der Waals surface area contributed by atoms with Crippen LogP contribution in [0.1, 0.15) is 32.1 Å². The van der Waals surface area contributed by atoms with E-state index in [1.165, 1.54) is 0 Å². The van der Waals surface area contributed by atoms with E-state index in [2.05, 4.69) is 0 Å². The molecule has 4 heteroatoms. The fourth-order valence-electron chi connectivity index (χ4n) is 4.36. The number of carbonyl (C=O) groups excluding carboxylic acids is 2. The van der Waals surface area contributed by atoms with Gasteiger partial charge in [0.25, 0.3) is 0 Å². The molecule has 3 aliphatic carbocycles. The Bertz CT molecular complexity index is 366. The van der Waals surface area contributed by atoms with Crippen LogP contribution in [0.25, 0.3) is 0 Å². The molecule has 2 heterocycles. The third kappa shape index (κ3) is 1.48. The topological polar surface area (TPSA) is 49.9 Å². The molecule has 5 fully saturated rings. The number of amides is 2. The molecule has 4 nitrogen and oxygen atoms in total. The first-order valence-electron chi connectivity index (χ1n) is 7.22. The molecule has 3 unspecified atom stereocenters. The Balaban J connectivity index is 1.55. The summed E-state index contributed by atoms with van der Waals surface area (Å²) >= 11 is 0. The van der Waals surface area contributed by atoms with Gasteiger partial charge in [-0.25, -0.2) is 0 Å². The van der Waals surface area contributed by atoms with Crippen LogP contribution >= 0.6 is 0 Å². The lowest BCUT2D eigenvalue weighted by molar-refractivity contribution is -0.140. The highest BCUT2D eigenvalue weighted by Gasteiger charge is 2.57. The van der Waals surface area contributed by atoms with Gasteiger partial charge in [-0.3, -0.25) is 14.5 Å². The van der Waals surface area contributed by atoms with Crippen molar-refractivity contribution in [1.82, 2.24) is 4.90 Å². The van der Waals surface area contributed by atoms with Gasteiger partial charge in [0.05, 0.1) is 24.5 Å². The zero-order valence-corrected chi connectivity index (χ0v) is 10.5. The first-order valence-corrected chi connectivity index (χ1v) is 7.22. The highest BCUT2D eigenvalue weighted by atomic mass is 16.6. The predicted molar refractivity (Wildman–Crippen MR) is 63.5 cm³/mol. The maximum Gasteiger partial charge on any atom is 0.233 e. The normalized spacial score (nSPS) is 45.6. The molecule has 3 saturated carbocycles. The molecule has 18 heavy (non-hydrogen) atoms. The van der Waals surface area contributed by atoms with Crippen LogP contribution in [-0.2, 0) is 14.3 Å². The zero-order valence-electron chi connectivity index (χ0n) is 10.5. The van der Waals surface area contributed by atoms with Gasteiger partial charge in [0.2, 0.25) is 11.8 Å². The van der Waals surface area contributed by atoms with Crippen molar-refractivity contribution in [2.45, 2.75) is 38.2 Å². The van der Waals surface area contributed by atoms with Crippen LogP contribution in [0.3, 0.4) is 0 Å². The van der Waals surface area contributed by atoms with Crippen LogP contribution in [-0.4, -0.2) is 36.0 Å². The highest BCUT2D eigenvalue weighted by Crippen LogP contribution is 2.52. The molecular formula is C14H19NO3.